The normalized spacial score (nSPS) is 28.3. The Bertz CT molecular complexity index is 386. The van der Waals surface area contributed by atoms with Crippen LogP contribution in [0, 0.1) is 5.82 Å². The van der Waals surface area contributed by atoms with Gasteiger partial charge in [-0.1, -0.05) is 25.1 Å². The second-order valence-corrected chi connectivity index (χ2v) is 5.32. The van der Waals surface area contributed by atoms with E-state index in [1.54, 1.807) is 12.1 Å². The monoisotopic (exact) mass is 251 g/mol. The topological polar surface area (TPSA) is 32.3 Å². The summed E-state index contributed by atoms with van der Waals surface area (Å²) in [5, 5.41) is 14.0. The molecule has 2 rings (SSSR count). The molecule has 0 amide bonds. The second-order valence-electron chi connectivity index (χ2n) is 5.32. The molecular formula is C15H22FNO. The molecule has 0 heterocycles. The van der Waals surface area contributed by atoms with E-state index in [2.05, 4.69) is 12.2 Å². The first kappa shape index (κ1) is 13.5. The summed E-state index contributed by atoms with van der Waals surface area (Å²) in [6.45, 7) is 3.07. The third kappa shape index (κ3) is 3.30. The van der Waals surface area contributed by atoms with Crippen molar-refractivity contribution in [2.75, 3.05) is 6.54 Å². The predicted molar refractivity (Wildman–Crippen MR) is 71.0 cm³/mol. The average molecular weight is 251 g/mol. The van der Waals surface area contributed by atoms with Crippen LogP contribution in [-0.4, -0.2) is 23.3 Å². The number of hydrogen-bond acceptors (Lipinski definition) is 2. The highest BCUT2D eigenvalue weighted by Crippen LogP contribution is 2.32. The van der Waals surface area contributed by atoms with Gasteiger partial charge in [-0.25, -0.2) is 4.39 Å². The van der Waals surface area contributed by atoms with Crippen molar-refractivity contribution >= 4 is 0 Å². The smallest absolute Gasteiger partial charge is 0.126 e. The van der Waals surface area contributed by atoms with Crippen LogP contribution in [0.4, 0.5) is 4.39 Å². The predicted octanol–water partition coefficient (Wildman–Crippen LogP) is 2.65. The summed E-state index contributed by atoms with van der Waals surface area (Å²) in [5.74, 6) is -0.209. The quantitative estimate of drug-likeness (QED) is 0.862. The molecule has 0 spiro atoms. The highest BCUT2D eigenvalue weighted by molar-refractivity contribution is 5.19. The number of nitrogens with one attached hydrogen (secondary N) is 1. The fourth-order valence-electron chi connectivity index (χ4n) is 2.82. The molecule has 100 valence electrons. The van der Waals surface area contributed by atoms with Crippen molar-refractivity contribution in [1.82, 2.24) is 5.32 Å². The molecule has 18 heavy (non-hydrogen) atoms. The van der Waals surface area contributed by atoms with Crippen LogP contribution in [0.25, 0.3) is 0 Å². The van der Waals surface area contributed by atoms with Gasteiger partial charge >= 0.3 is 0 Å². The van der Waals surface area contributed by atoms with Crippen LogP contribution in [0.2, 0.25) is 0 Å². The Kier molecular flexibility index (Phi) is 4.36. The zero-order valence-electron chi connectivity index (χ0n) is 11.0. The highest BCUT2D eigenvalue weighted by atomic mass is 19.1. The summed E-state index contributed by atoms with van der Waals surface area (Å²) in [4.78, 5) is 0. The fourth-order valence-corrected chi connectivity index (χ4v) is 2.82. The minimum Gasteiger partial charge on any atom is -0.390 e. The number of hydrogen-bond donors (Lipinski definition) is 2. The molecule has 0 unspecified atom stereocenters. The maximum Gasteiger partial charge on any atom is 0.126 e. The third-order valence-electron chi connectivity index (χ3n) is 3.89. The molecule has 0 aliphatic heterocycles. The molecule has 0 bridgehead atoms. The van der Waals surface area contributed by atoms with Gasteiger partial charge in [0.2, 0.25) is 0 Å². The van der Waals surface area contributed by atoms with E-state index >= 15 is 0 Å². The van der Waals surface area contributed by atoms with E-state index in [4.69, 9.17) is 0 Å². The van der Waals surface area contributed by atoms with Crippen LogP contribution in [0.5, 0.6) is 0 Å². The van der Waals surface area contributed by atoms with Gasteiger partial charge in [-0.2, -0.15) is 0 Å². The van der Waals surface area contributed by atoms with Crippen LogP contribution in [-0.2, 0) is 6.42 Å². The molecule has 1 fully saturated rings. The Labute approximate surface area is 108 Å². The lowest BCUT2D eigenvalue weighted by Gasteiger charge is -2.36. The molecule has 0 atom stereocenters. The van der Waals surface area contributed by atoms with Crippen LogP contribution in [0.1, 0.15) is 38.2 Å². The number of benzene rings is 1. The van der Waals surface area contributed by atoms with E-state index in [1.165, 1.54) is 6.07 Å². The van der Waals surface area contributed by atoms with Crippen LogP contribution in [0.3, 0.4) is 0 Å². The summed E-state index contributed by atoms with van der Waals surface area (Å²) in [7, 11) is 0. The van der Waals surface area contributed by atoms with Crippen molar-refractivity contribution in [3.8, 4) is 0 Å². The summed E-state index contributed by atoms with van der Waals surface area (Å²) in [5.41, 5.74) is -0.101. The zero-order valence-corrected chi connectivity index (χ0v) is 11.0. The van der Waals surface area contributed by atoms with E-state index in [9.17, 15) is 9.50 Å². The Hall–Kier alpha value is -0.930. The largest absolute Gasteiger partial charge is 0.390 e. The first-order valence-corrected chi connectivity index (χ1v) is 6.82. The molecule has 2 nitrogen and oxygen atoms in total. The minimum atomic E-state index is -0.728. The van der Waals surface area contributed by atoms with Gasteiger partial charge < -0.3 is 10.4 Å². The Balaban J connectivity index is 1.96. The van der Waals surface area contributed by atoms with Gasteiger partial charge in [-0.15, -0.1) is 0 Å². The Morgan fingerprint density at radius 1 is 1.33 bits per heavy atom. The van der Waals surface area contributed by atoms with Gasteiger partial charge in [-0.3, -0.25) is 0 Å². The zero-order chi connectivity index (χ0) is 13.0. The van der Waals surface area contributed by atoms with Crippen LogP contribution >= 0.6 is 0 Å². The van der Waals surface area contributed by atoms with E-state index < -0.39 is 5.60 Å². The maximum atomic E-state index is 13.6. The fraction of sp³-hybridized carbons (Fsp3) is 0.600. The van der Waals surface area contributed by atoms with E-state index in [1.807, 2.05) is 6.07 Å². The molecule has 1 aliphatic rings. The van der Waals surface area contributed by atoms with Crippen molar-refractivity contribution in [2.45, 2.75) is 50.7 Å². The summed E-state index contributed by atoms with van der Waals surface area (Å²) >= 11 is 0. The molecule has 0 aromatic heterocycles. The van der Waals surface area contributed by atoms with E-state index in [-0.39, 0.29) is 5.82 Å². The Morgan fingerprint density at radius 3 is 2.61 bits per heavy atom. The summed E-state index contributed by atoms with van der Waals surface area (Å²) in [6.07, 6.45) is 3.87. The van der Waals surface area contributed by atoms with Gasteiger partial charge in [0.1, 0.15) is 5.82 Å². The first-order chi connectivity index (χ1) is 8.63. The SMILES string of the molecule is CCNC1CCC(O)(Cc2ccccc2F)CC1. The lowest BCUT2D eigenvalue weighted by molar-refractivity contribution is -0.00359. The van der Waals surface area contributed by atoms with E-state index in [0.29, 0.717) is 18.0 Å². The molecule has 3 heteroatoms. The van der Waals surface area contributed by atoms with E-state index in [0.717, 1.165) is 32.2 Å². The molecule has 2 N–H and O–H groups in total. The number of aliphatic hydroxyl groups is 1. The standard InChI is InChI=1S/C15H22FNO/c1-2-17-13-7-9-15(18,10-8-13)11-12-5-3-4-6-14(12)16/h3-6,13,17-18H,2,7-11H2,1H3. The van der Waals surface area contributed by atoms with Gasteiger partial charge in [0, 0.05) is 12.5 Å². The van der Waals surface area contributed by atoms with Crippen molar-refractivity contribution in [1.29, 1.82) is 0 Å². The van der Waals surface area contributed by atoms with Crippen molar-refractivity contribution in [2.24, 2.45) is 0 Å². The summed E-state index contributed by atoms with van der Waals surface area (Å²) in [6, 6.07) is 7.25. The van der Waals surface area contributed by atoms with Gasteiger partial charge in [0.15, 0.2) is 0 Å². The minimum absolute atomic E-state index is 0.209. The molecule has 1 aliphatic carbocycles. The molecule has 0 radical (unpaired) electrons. The number of rotatable bonds is 4. The number of halogens is 1. The van der Waals surface area contributed by atoms with Crippen molar-refractivity contribution < 1.29 is 9.50 Å². The van der Waals surface area contributed by atoms with Crippen molar-refractivity contribution in [3.05, 3.63) is 35.6 Å². The lowest BCUT2D eigenvalue weighted by atomic mass is 9.78. The first-order valence-electron chi connectivity index (χ1n) is 6.82. The molecule has 0 saturated heterocycles. The van der Waals surface area contributed by atoms with Gasteiger partial charge in [-0.05, 0) is 43.9 Å². The summed E-state index contributed by atoms with van der Waals surface area (Å²) < 4.78 is 13.6. The highest BCUT2D eigenvalue weighted by Gasteiger charge is 2.33. The molecule has 1 aromatic rings. The van der Waals surface area contributed by atoms with Crippen LogP contribution in [0.15, 0.2) is 24.3 Å². The molecular weight excluding hydrogens is 229 g/mol. The van der Waals surface area contributed by atoms with Crippen molar-refractivity contribution in [3.63, 3.8) is 0 Å². The molecule has 1 aromatic carbocycles. The average Bonchev–Trinajstić information content (AvgIpc) is 2.36. The third-order valence-corrected chi connectivity index (χ3v) is 3.89. The van der Waals surface area contributed by atoms with Gasteiger partial charge in [0.05, 0.1) is 5.60 Å². The lowest BCUT2D eigenvalue weighted by Crippen LogP contribution is -2.42. The maximum absolute atomic E-state index is 13.6. The van der Waals surface area contributed by atoms with Gasteiger partial charge in [0.25, 0.3) is 0 Å². The Morgan fingerprint density at radius 2 is 2.00 bits per heavy atom. The molecule has 1 saturated carbocycles. The second kappa shape index (κ2) is 5.81. The van der Waals surface area contributed by atoms with Crippen LogP contribution < -0.4 is 5.32 Å².